The van der Waals surface area contributed by atoms with Gasteiger partial charge in [0.2, 0.25) is 5.75 Å². The highest BCUT2D eigenvalue weighted by atomic mass is 16.5. The Balaban J connectivity index is 1.92. The maximum atomic E-state index is 11.6. The van der Waals surface area contributed by atoms with Crippen LogP contribution in [0.25, 0.3) is 10.9 Å². The van der Waals surface area contributed by atoms with E-state index in [9.17, 15) is 9.90 Å². The molecule has 3 aromatic rings. The van der Waals surface area contributed by atoms with Crippen LogP contribution in [0, 0.1) is 0 Å². The molecule has 0 spiro atoms. The van der Waals surface area contributed by atoms with Crippen molar-refractivity contribution in [1.82, 2.24) is 4.98 Å². The molecule has 1 heterocycles. The summed E-state index contributed by atoms with van der Waals surface area (Å²) in [7, 11) is 4.65. The van der Waals surface area contributed by atoms with Gasteiger partial charge in [-0.1, -0.05) is 18.2 Å². The zero-order chi connectivity index (χ0) is 19.4. The number of pyridine rings is 1. The van der Waals surface area contributed by atoms with Gasteiger partial charge in [-0.25, -0.2) is 9.78 Å². The molecule has 0 radical (unpaired) electrons. The summed E-state index contributed by atoms with van der Waals surface area (Å²) in [5.74, 6) is 1.09. The number of para-hydroxylation sites is 1. The summed E-state index contributed by atoms with van der Waals surface area (Å²) in [5, 5.41) is 13.2. The van der Waals surface area contributed by atoms with E-state index < -0.39 is 5.97 Å². The quantitative estimate of drug-likeness (QED) is 0.659. The molecule has 0 aliphatic carbocycles. The summed E-state index contributed by atoms with van der Waals surface area (Å²) >= 11 is 0. The van der Waals surface area contributed by atoms with Gasteiger partial charge in [0.25, 0.3) is 0 Å². The highest BCUT2D eigenvalue weighted by Crippen LogP contribution is 2.38. The maximum absolute atomic E-state index is 11.6. The lowest BCUT2D eigenvalue weighted by Gasteiger charge is -2.15. The number of carboxylic acid groups (broad SMARTS) is 1. The highest BCUT2D eigenvalue weighted by molar-refractivity contribution is 6.03. The van der Waals surface area contributed by atoms with E-state index in [2.05, 4.69) is 10.3 Å². The molecular weight excluding hydrogens is 348 g/mol. The van der Waals surface area contributed by atoms with Crippen molar-refractivity contribution in [2.24, 2.45) is 0 Å². The third kappa shape index (κ3) is 3.72. The zero-order valence-electron chi connectivity index (χ0n) is 15.3. The van der Waals surface area contributed by atoms with E-state index in [1.54, 1.807) is 39.5 Å². The van der Waals surface area contributed by atoms with Gasteiger partial charge in [0, 0.05) is 11.9 Å². The molecule has 0 aliphatic heterocycles. The molecule has 3 rings (SSSR count). The zero-order valence-corrected chi connectivity index (χ0v) is 15.3. The first kappa shape index (κ1) is 18.3. The Morgan fingerprint density at radius 3 is 2.30 bits per heavy atom. The normalized spacial score (nSPS) is 10.5. The first-order valence-electron chi connectivity index (χ1n) is 8.23. The number of anilines is 1. The van der Waals surface area contributed by atoms with Crippen LogP contribution >= 0.6 is 0 Å². The first-order valence-corrected chi connectivity index (χ1v) is 8.23. The summed E-state index contributed by atoms with van der Waals surface area (Å²) in [5.41, 5.74) is 1.69. The second-order valence-electron chi connectivity index (χ2n) is 5.76. The van der Waals surface area contributed by atoms with E-state index >= 15 is 0 Å². The number of aromatic carboxylic acids is 1. The fraction of sp³-hybridized carbons (Fsp3) is 0.200. The van der Waals surface area contributed by atoms with Crippen molar-refractivity contribution in [2.45, 2.75) is 6.54 Å². The van der Waals surface area contributed by atoms with Crippen LogP contribution in [0.3, 0.4) is 0 Å². The van der Waals surface area contributed by atoms with Crippen molar-refractivity contribution >= 4 is 22.7 Å². The van der Waals surface area contributed by atoms with Crippen LogP contribution < -0.4 is 19.5 Å². The van der Waals surface area contributed by atoms with E-state index in [0.717, 1.165) is 5.56 Å². The van der Waals surface area contributed by atoms with Gasteiger partial charge < -0.3 is 24.6 Å². The summed E-state index contributed by atoms with van der Waals surface area (Å²) in [4.78, 5) is 16.1. The predicted molar refractivity (Wildman–Crippen MR) is 102 cm³/mol. The third-order valence-corrected chi connectivity index (χ3v) is 4.14. The number of hydrogen-bond acceptors (Lipinski definition) is 6. The monoisotopic (exact) mass is 368 g/mol. The summed E-state index contributed by atoms with van der Waals surface area (Å²) < 4.78 is 16.0. The first-order chi connectivity index (χ1) is 13.1. The van der Waals surface area contributed by atoms with Crippen LogP contribution in [-0.4, -0.2) is 37.4 Å². The Hall–Kier alpha value is -3.48. The standard InChI is InChI=1S/C20H20N2O5/c1-25-16-8-12(9-17(26-2)19(16)27-3)11-21-18-10-14(20(23)24)13-6-4-5-7-15(13)22-18/h4-10H,11H2,1-3H3,(H,21,22)(H,23,24). The van der Waals surface area contributed by atoms with Crippen LogP contribution in [-0.2, 0) is 6.54 Å². The number of rotatable bonds is 7. The third-order valence-electron chi connectivity index (χ3n) is 4.14. The maximum Gasteiger partial charge on any atom is 0.336 e. The molecule has 0 amide bonds. The van der Waals surface area contributed by atoms with Gasteiger partial charge in [-0.3, -0.25) is 0 Å². The smallest absolute Gasteiger partial charge is 0.336 e. The van der Waals surface area contributed by atoms with Crippen molar-refractivity contribution in [2.75, 3.05) is 26.6 Å². The summed E-state index contributed by atoms with van der Waals surface area (Å²) in [6, 6.07) is 12.3. The number of hydrogen-bond donors (Lipinski definition) is 2. The molecule has 7 nitrogen and oxygen atoms in total. The number of aromatic nitrogens is 1. The second kappa shape index (κ2) is 7.82. The number of fused-ring (bicyclic) bond motifs is 1. The van der Waals surface area contributed by atoms with Crippen LogP contribution in [0.4, 0.5) is 5.82 Å². The Labute approximate surface area is 156 Å². The molecule has 0 aliphatic rings. The minimum Gasteiger partial charge on any atom is -0.493 e. The molecule has 140 valence electrons. The number of nitrogens with zero attached hydrogens (tertiary/aromatic N) is 1. The Kier molecular flexibility index (Phi) is 5.30. The molecule has 0 saturated carbocycles. The molecule has 7 heteroatoms. The molecular formula is C20H20N2O5. The molecule has 0 fully saturated rings. The molecule has 2 aromatic carbocycles. The van der Waals surface area contributed by atoms with Gasteiger partial charge in [0.1, 0.15) is 5.82 Å². The van der Waals surface area contributed by atoms with Crippen LogP contribution in [0.15, 0.2) is 42.5 Å². The molecule has 0 bridgehead atoms. The van der Waals surface area contributed by atoms with E-state index in [4.69, 9.17) is 14.2 Å². The average Bonchev–Trinajstić information content (AvgIpc) is 2.70. The van der Waals surface area contributed by atoms with Crippen molar-refractivity contribution in [3.05, 3.63) is 53.6 Å². The minimum atomic E-state index is -0.996. The van der Waals surface area contributed by atoms with Crippen molar-refractivity contribution in [3.8, 4) is 17.2 Å². The average molecular weight is 368 g/mol. The number of methoxy groups -OCH3 is 3. The lowest BCUT2D eigenvalue weighted by Crippen LogP contribution is -2.06. The van der Waals surface area contributed by atoms with Gasteiger partial charge >= 0.3 is 5.97 Å². The van der Waals surface area contributed by atoms with Gasteiger partial charge in [-0.05, 0) is 29.8 Å². The van der Waals surface area contributed by atoms with E-state index in [1.165, 1.54) is 6.07 Å². The molecule has 0 atom stereocenters. The summed E-state index contributed by atoms with van der Waals surface area (Å²) in [6.45, 7) is 0.404. The molecule has 0 saturated heterocycles. The van der Waals surface area contributed by atoms with Gasteiger partial charge in [-0.2, -0.15) is 0 Å². The van der Waals surface area contributed by atoms with E-state index in [-0.39, 0.29) is 5.56 Å². The minimum absolute atomic E-state index is 0.202. The lowest BCUT2D eigenvalue weighted by atomic mass is 10.1. The lowest BCUT2D eigenvalue weighted by molar-refractivity contribution is 0.0699. The fourth-order valence-electron chi connectivity index (χ4n) is 2.87. The topological polar surface area (TPSA) is 89.9 Å². The van der Waals surface area contributed by atoms with Gasteiger partial charge in [0.05, 0.1) is 32.4 Å². The number of carbonyl (C=O) groups is 1. The van der Waals surface area contributed by atoms with Crippen LogP contribution in [0.5, 0.6) is 17.2 Å². The fourth-order valence-corrected chi connectivity index (χ4v) is 2.87. The van der Waals surface area contributed by atoms with Crippen molar-refractivity contribution in [1.29, 1.82) is 0 Å². The number of benzene rings is 2. The highest BCUT2D eigenvalue weighted by Gasteiger charge is 2.14. The van der Waals surface area contributed by atoms with Crippen LogP contribution in [0.1, 0.15) is 15.9 Å². The largest absolute Gasteiger partial charge is 0.493 e. The summed E-state index contributed by atoms with van der Waals surface area (Å²) in [6.07, 6.45) is 0. The number of ether oxygens (including phenoxy) is 3. The van der Waals surface area contributed by atoms with Crippen LogP contribution in [0.2, 0.25) is 0 Å². The van der Waals surface area contributed by atoms with E-state index in [1.807, 2.05) is 18.2 Å². The number of carboxylic acids is 1. The Morgan fingerprint density at radius 2 is 1.70 bits per heavy atom. The Morgan fingerprint density at radius 1 is 1.04 bits per heavy atom. The molecule has 2 N–H and O–H groups in total. The molecule has 1 aromatic heterocycles. The van der Waals surface area contributed by atoms with Crippen molar-refractivity contribution in [3.63, 3.8) is 0 Å². The number of nitrogens with one attached hydrogen (secondary N) is 1. The molecule has 0 unspecified atom stereocenters. The Bertz CT molecular complexity index is 962. The predicted octanol–water partition coefficient (Wildman–Crippen LogP) is 3.57. The SMILES string of the molecule is COc1cc(CNc2cc(C(=O)O)c3ccccc3n2)cc(OC)c1OC. The van der Waals surface area contributed by atoms with Gasteiger partial charge in [-0.15, -0.1) is 0 Å². The van der Waals surface area contributed by atoms with Gasteiger partial charge in [0.15, 0.2) is 11.5 Å². The van der Waals surface area contributed by atoms with Crippen molar-refractivity contribution < 1.29 is 24.1 Å². The molecule has 27 heavy (non-hydrogen) atoms. The van der Waals surface area contributed by atoms with E-state index in [0.29, 0.717) is 40.5 Å². The second-order valence-corrected chi connectivity index (χ2v) is 5.76.